The van der Waals surface area contributed by atoms with Crippen LogP contribution in [0.25, 0.3) is 5.78 Å². The summed E-state index contributed by atoms with van der Waals surface area (Å²) in [5.74, 6) is 0.577. The molecule has 3 heterocycles. The second-order valence-electron chi connectivity index (χ2n) is 3.96. The molecule has 0 bridgehead atoms. The van der Waals surface area contributed by atoms with E-state index in [2.05, 4.69) is 30.7 Å². The fourth-order valence-electron chi connectivity index (χ4n) is 1.55. The number of anilines is 1. The van der Waals surface area contributed by atoms with Gasteiger partial charge in [0, 0.05) is 12.4 Å². The molecule has 0 unspecified atom stereocenters. The summed E-state index contributed by atoms with van der Waals surface area (Å²) < 4.78 is 1.73. The predicted octanol–water partition coefficient (Wildman–Crippen LogP) is 1.27. The Morgan fingerprint density at radius 2 is 2.29 bits per heavy atom. The van der Waals surface area contributed by atoms with Crippen LogP contribution in [-0.2, 0) is 11.2 Å². The Hall–Kier alpha value is -2.07. The third-order valence-electron chi connectivity index (χ3n) is 2.51. The Labute approximate surface area is 128 Å². The quantitative estimate of drug-likeness (QED) is 0.707. The number of carbonyl (C=O) groups is 1. The van der Waals surface area contributed by atoms with Gasteiger partial charge in [0.15, 0.2) is 5.16 Å². The van der Waals surface area contributed by atoms with Gasteiger partial charge in [0.2, 0.25) is 11.0 Å². The average Bonchev–Trinajstić information content (AvgIpc) is 3.11. The average molecular weight is 321 g/mol. The molecule has 0 atom stereocenters. The monoisotopic (exact) mass is 321 g/mol. The molecule has 108 valence electrons. The van der Waals surface area contributed by atoms with Gasteiger partial charge < -0.3 is 0 Å². The lowest BCUT2D eigenvalue weighted by molar-refractivity contribution is -0.113. The molecule has 3 aromatic rings. The zero-order valence-corrected chi connectivity index (χ0v) is 12.7. The van der Waals surface area contributed by atoms with E-state index in [9.17, 15) is 4.79 Å². The van der Waals surface area contributed by atoms with Gasteiger partial charge in [-0.15, -0.1) is 20.4 Å². The van der Waals surface area contributed by atoms with Crippen LogP contribution in [0.4, 0.5) is 5.13 Å². The van der Waals surface area contributed by atoms with Gasteiger partial charge in [0.1, 0.15) is 5.01 Å². The van der Waals surface area contributed by atoms with Crippen molar-refractivity contribution in [1.29, 1.82) is 0 Å². The molecule has 0 aliphatic heterocycles. The zero-order valence-electron chi connectivity index (χ0n) is 11.1. The van der Waals surface area contributed by atoms with Crippen LogP contribution in [0.5, 0.6) is 0 Å². The molecule has 3 rings (SSSR count). The van der Waals surface area contributed by atoms with Gasteiger partial charge in [-0.05, 0) is 12.5 Å². The number of aryl methyl sites for hydroxylation is 1. The molecule has 1 amide bonds. The number of nitrogens with one attached hydrogen (secondary N) is 1. The molecule has 1 N–H and O–H groups in total. The van der Waals surface area contributed by atoms with Crippen LogP contribution in [0.15, 0.2) is 23.6 Å². The molecule has 21 heavy (non-hydrogen) atoms. The first-order valence-electron chi connectivity index (χ1n) is 6.17. The van der Waals surface area contributed by atoms with Gasteiger partial charge in [0.25, 0.3) is 5.78 Å². The summed E-state index contributed by atoms with van der Waals surface area (Å²) in [7, 11) is 0. The maximum Gasteiger partial charge on any atom is 0.255 e. The number of amides is 1. The first kappa shape index (κ1) is 13.9. The summed E-state index contributed by atoms with van der Waals surface area (Å²) >= 11 is 2.67. The van der Waals surface area contributed by atoms with Crippen molar-refractivity contribution in [2.24, 2.45) is 0 Å². The Morgan fingerprint density at radius 3 is 3.10 bits per heavy atom. The van der Waals surface area contributed by atoms with Crippen LogP contribution >= 0.6 is 23.1 Å². The van der Waals surface area contributed by atoms with Gasteiger partial charge in [-0.2, -0.15) is 0 Å². The Balaban J connectivity index is 1.60. The molecule has 0 aliphatic rings. The number of nitrogens with zero attached hydrogens (tertiary/aromatic N) is 6. The van der Waals surface area contributed by atoms with Crippen molar-refractivity contribution in [2.75, 3.05) is 11.1 Å². The van der Waals surface area contributed by atoms with E-state index < -0.39 is 0 Å². The SMILES string of the molecule is CCc1nnc(NC(=O)CSc2nnc3ncccn23)s1. The van der Waals surface area contributed by atoms with Gasteiger partial charge in [0.05, 0.1) is 5.75 Å². The molecule has 0 radical (unpaired) electrons. The maximum atomic E-state index is 11.9. The van der Waals surface area contributed by atoms with E-state index in [-0.39, 0.29) is 11.7 Å². The minimum absolute atomic E-state index is 0.153. The van der Waals surface area contributed by atoms with Gasteiger partial charge >= 0.3 is 0 Å². The van der Waals surface area contributed by atoms with Crippen LogP contribution < -0.4 is 5.32 Å². The molecule has 0 aliphatic carbocycles. The number of carbonyl (C=O) groups excluding carboxylic acids is 1. The highest BCUT2D eigenvalue weighted by Crippen LogP contribution is 2.18. The van der Waals surface area contributed by atoms with Crippen LogP contribution in [0.1, 0.15) is 11.9 Å². The van der Waals surface area contributed by atoms with E-state index in [0.29, 0.717) is 16.1 Å². The molecule has 0 saturated heterocycles. The summed E-state index contributed by atoms with van der Waals surface area (Å²) in [5.41, 5.74) is 0. The van der Waals surface area contributed by atoms with Crippen molar-refractivity contribution in [3.8, 4) is 0 Å². The van der Waals surface area contributed by atoms with Crippen LogP contribution in [-0.4, -0.2) is 41.4 Å². The Kier molecular flexibility index (Phi) is 4.06. The summed E-state index contributed by atoms with van der Waals surface area (Å²) in [5, 5.41) is 20.5. The van der Waals surface area contributed by atoms with Crippen LogP contribution in [0.2, 0.25) is 0 Å². The second kappa shape index (κ2) is 6.14. The molecule has 0 spiro atoms. The van der Waals surface area contributed by atoms with Crippen LogP contribution in [0.3, 0.4) is 0 Å². The van der Waals surface area contributed by atoms with Crippen molar-refractivity contribution in [3.63, 3.8) is 0 Å². The summed E-state index contributed by atoms with van der Waals surface area (Å²) in [6.07, 6.45) is 4.26. The van der Waals surface area contributed by atoms with Crippen molar-refractivity contribution in [1.82, 2.24) is 29.8 Å². The largest absolute Gasteiger partial charge is 0.300 e. The highest BCUT2D eigenvalue weighted by Gasteiger charge is 2.11. The van der Waals surface area contributed by atoms with Crippen molar-refractivity contribution in [2.45, 2.75) is 18.5 Å². The highest BCUT2D eigenvalue weighted by atomic mass is 32.2. The third-order valence-corrected chi connectivity index (χ3v) is 4.43. The number of hydrogen-bond donors (Lipinski definition) is 1. The molecular formula is C11H11N7OS2. The lowest BCUT2D eigenvalue weighted by Crippen LogP contribution is -2.14. The smallest absolute Gasteiger partial charge is 0.255 e. The fraction of sp³-hybridized carbons (Fsp3) is 0.273. The van der Waals surface area contributed by atoms with Crippen molar-refractivity contribution >= 4 is 39.9 Å². The highest BCUT2D eigenvalue weighted by molar-refractivity contribution is 7.99. The third kappa shape index (κ3) is 3.16. The summed E-state index contributed by atoms with van der Waals surface area (Å²) in [6, 6.07) is 1.79. The Morgan fingerprint density at radius 1 is 1.38 bits per heavy atom. The fourth-order valence-corrected chi connectivity index (χ4v) is 2.96. The van der Waals surface area contributed by atoms with E-state index in [1.54, 1.807) is 22.9 Å². The maximum absolute atomic E-state index is 11.9. The molecule has 3 aromatic heterocycles. The standard InChI is InChI=1S/C11H11N7OS2/c1-2-8-14-16-10(21-8)13-7(19)6-20-11-17-15-9-12-4-3-5-18(9)11/h3-5H,2,6H2,1H3,(H,13,16,19). The van der Waals surface area contributed by atoms with E-state index in [4.69, 9.17) is 0 Å². The van der Waals surface area contributed by atoms with E-state index in [1.165, 1.54) is 23.1 Å². The number of rotatable bonds is 5. The van der Waals surface area contributed by atoms with Gasteiger partial charge in [-0.3, -0.25) is 14.5 Å². The molecule has 8 nitrogen and oxygen atoms in total. The first-order chi connectivity index (χ1) is 10.3. The minimum atomic E-state index is -0.153. The molecular weight excluding hydrogens is 310 g/mol. The normalized spacial score (nSPS) is 10.9. The minimum Gasteiger partial charge on any atom is -0.300 e. The second-order valence-corrected chi connectivity index (χ2v) is 5.97. The lowest BCUT2D eigenvalue weighted by Gasteiger charge is -2.00. The Bertz CT molecular complexity index is 769. The summed E-state index contributed by atoms with van der Waals surface area (Å²) in [6.45, 7) is 1.99. The number of aromatic nitrogens is 6. The molecule has 0 fully saturated rings. The first-order valence-corrected chi connectivity index (χ1v) is 7.97. The van der Waals surface area contributed by atoms with Gasteiger partial charge in [-0.1, -0.05) is 30.0 Å². The summed E-state index contributed by atoms with van der Waals surface area (Å²) in [4.78, 5) is 15.9. The number of thioether (sulfide) groups is 1. The van der Waals surface area contributed by atoms with Crippen LogP contribution in [0, 0.1) is 0 Å². The number of fused-ring (bicyclic) bond motifs is 1. The van der Waals surface area contributed by atoms with E-state index in [1.807, 2.05) is 6.92 Å². The van der Waals surface area contributed by atoms with Crippen molar-refractivity contribution < 1.29 is 4.79 Å². The molecule has 0 aromatic carbocycles. The van der Waals surface area contributed by atoms with E-state index >= 15 is 0 Å². The topological polar surface area (TPSA) is 98.0 Å². The van der Waals surface area contributed by atoms with Crippen molar-refractivity contribution in [3.05, 3.63) is 23.5 Å². The molecule has 10 heteroatoms. The van der Waals surface area contributed by atoms with Gasteiger partial charge in [-0.25, -0.2) is 4.98 Å². The zero-order chi connectivity index (χ0) is 14.7. The molecule has 0 saturated carbocycles. The van der Waals surface area contributed by atoms with E-state index in [0.717, 1.165) is 11.4 Å². The number of hydrogen-bond acceptors (Lipinski definition) is 8. The predicted molar refractivity (Wildman–Crippen MR) is 79.4 cm³/mol. The lowest BCUT2D eigenvalue weighted by atomic mass is 10.5.